The van der Waals surface area contributed by atoms with Crippen LogP contribution in [-0.2, 0) is 14.8 Å². The highest BCUT2D eigenvalue weighted by atomic mass is 35.5. The van der Waals surface area contributed by atoms with E-state index in [0.717, 1.165) is 0 Å². The summed E-state index contributed by atoms with van der Waals surface area (Å²) < 4.78 is 26.2. The van der Waals surface area contributed by atoms with Gasteiger partial charge in [0.15, 0.2) is 0 Å². The van der Waals surface area contributed by atoms with Crippen molar-refractivity contribution in [2.45, 2.75) is 9.77 Å². The highest BCUT2D eigenvalue weighted by molar-refractivity contribution is 7.90. The van der Waals surface area contributed by atoms with Crippen LogP contribution in [0.2, 0.25) is 0 Å². The number of sulfonamides is 1. The predicted octanol–water partition coefficient (Wildman–Crippen LogP) is 2.09. The number of hydrogen-bond acceptors (Lipinski definition) is 5. The van der Waals surface area contributed by atoms with Crippen LogP contribution in [-0.4, -0.2) is 60.1 Å². The number of benzene rings is 1. The molecule has 0 radical (unpaired) electrons. The Labute approximate surface area is 166 Å². The second-order valence-corrected chi connectivity index (χ2v) is 9.47. The lowest BCUT2D eigenvalue weighted by molar-refractivity contribution is -0.141. The van der Waals surface area contributed by atoms with E-state index in [9.17, 15) is 23.1 Å². The summed E-state index contributed by atoms with van der Waals surface area (Å²) in [5, 5.41) is 9.56. The quantitative estimate of drug-likeness (QED) is 0.734. The Hall–Kier alpha value is -2.03. The topological polar surface area (TPSA) is 95.0 Å². The van der Waals surface area contributed by atoms with E-state index in [2.05, 4.69) is 0 Å². The van der Waals surface area contributed by atoms with Crippen LogP contribution in [0.4, 0.5) is 0 Å². The first kappa shape index (κ1) is 19.7. The first-order chi connectivity index (χ1) is 12.5. The van der Waals surface area contributed by atoms with Gasteiger partial charge in [-0.05, 0) is 24.3 Å². The molecule has 1 aliphatic carbocycles. The minimum Gasteiger partial charge on any atom is -0.481 e. The van der Waals surface area contributed by atoms with Gasteiger partial charge in [0.05, 0.1) is 12.1 Å². The number of rotatable bonds is 4. The molecule has 0 spiro atoms. The number of carboxylic acid groups (broad SMARTS) is 1. The predicted molar refractivity (Wildman–Crippen MR) is 100 cm³/mol. The number of carbonyl (C=O) groups excluding carboxylic acids is 1. The standard InChI is InChI=1S/C17H16Cl2N2O5S/c1-20(2)10-7-12(18)14(16(23)24)17(19,8-10)9-21-15(22)11-5-3-4-6-13(11)27(21,25)26/h3-8,14H,9H2,1-2H3,(H,23,24). The Kier molecular flexibility index (Phi) is 4.78. The normalized spacial score (nSPS) is 26.3. The lowest BCUT2D eigenvalue weighted by Crippen LogP contribution is -2.49. The van der Waals surface area contributed by atoms with E-state index >= 15 is 0 Å². The molecule has 7 nitrogen and oxygen atoms in total. The Morgan fingerprint density at radius 3 is 2.52 bits per heavy atom. The molecule has 144 valence electrons. The van der Waals surface area contributed by atoms with Crippen LogP contribution in [0, 0.1) is 5.92 Å². The summed E-state index contributed by atoms with van der Waals surface area (Å²) in [5.41, 5.74) is 0.535. The van der Waals surface area contributed by atoms with Crippen molar-refractivity contribution < 1.29 is 23.1 Å². The van der Waals surface area contributed by atoms with Crippen molar-refractivity contribution in [1.82, 2.24) is 9.21 Å². The number of allylic oxidation sites excluding steroid dienone is 1. The molecule has 1 heterocycles. The minimum atomic E-state index is -4.14. The molecule has 1 aromatic rings. The van der Waals surface area contributed by atoms with Crippen LogP contribution in [0.15, 0.2) is 52.0 Å². The molecule has 0 aromatic heterocycles. The summed E-state index contributed by atoms with van der Waals surface area (Å²) in [7, 11) is -0.723. The summed E-state index contributed by atoms with van der Waals surface area (Å²) in [6.07, 6.45) is 2.88. The fourth-order valence-corrected chi connectivity index (χ4v) is 5.74. The van der Waals surface area contributed by atoms with Crippen molar-refractivity contribution in [2.24, 2.45) is 5.92 Å². The molecule has 0 bridgehead atoms. The van der Waals surface area contributed by atoms with Crippen LogP contribution in [0.5, 0.6) is 0 Å². The fourth-order valence-electron chi connectivity index (χ4n) is 3.15. The maximum atomic E-state index is 12.8. The summed E-state index contributed by atoms with van der Waals surface area (Å²) in [6.45, 7) is -0.567. The Bertz CT molecular complexity index is 1000. The molecular weight excluding hydrogens is 415 g/mol. The molecule has 0 fully saturated rings. The number of amides is 1. The van der Waals surface area contributed by atoms with Crippen molar-refractivity contribution in [2.75, 3.05) is 20.6 Å². The van der Waals surface area contributed by atoms with Crippen LogP contribution in [0.1, 0.15) is 10.4 Å². The van der Waals surface area contributed by atoms with Gasteiger partial charge < -0.3 is 10.0 Å². The first-order valence-electron chi connectivity index (χ1n) is 7.84. The zero-order chi connectivity index (χ0) is 20.1. The van der Waals surface area contributed by atoms with Gasteiger partial charge in [-0.1, -0.05) is 23.7 Å². The SMILES string of the molecule is CN(C)C1=CC(Cl)(CN2C(=O)c3ccccc3S2(=O)=O)C(C(=O)O)C(Cl)=C1. The highest BCUT2D eigenvalue weighted by Crippen LogP contribution is 2.43. The van der Waals surface area contributed by atoms with Gasteiger partial charge >= 0.3 is 5.97 Å². The molecule has 0 saturated carbocycles. The van der Waals surface area contributed by atoms with E-state index in [1.165, 1.54) is 30.4 Å². The van der Waals surface area contributed by atoms with Gasteiger partial charge in [0.1, 0.15) is 15.7 Å². The molecule has 1 N–H and O–H groups in total. The van der Waals surface area contributed by atoms with Gasteiger partial charge in [-0.15, -0.1) is 11.6 Å². The van der Waals surface area contributed by atoms with Gasteiger partial charge in [0.2, 0.25) is 0 Å². The molecule has 27 heavy (non-hydrogen) atoms. The number of nitrogens with zero attached hydrogens (tertiary/aromatic N) is 2. The molecule has 3 rings (SSSR count). The minimum absolute atomic E-state index is 0.0268. The molecule has 1 aliphatic heterocycles. The molecule has 0 saturated heterocycles. The molecule has 10 heteroatoms. The van der Waals surface area contributed by atoms with Gasteiger partial charge in [0.25, 0.3) is 15.9 Å². The molecule has 2 atom stereocenters. The maximum absolute atomic E-state index is 12.8. The number of aliphatic carboxylic acids is 1. The second-order valence-electron chi connectivity index (χ2n) is 6.50. The van der Waals surface area contributed by atoms with Gasteiger partial charge in [-0.25, -0.2) is 12.7 Å². The third kappa shape index (κ3) is 3.11. The Morgan fingerprint density at radius 2 is 1.96 bits per heavy atom. The monoisotopic (exact) mass is 430 g/mol. The average Bonchev–Trinajstić information content (AvgIpc) is 2.75. The number of hydrogen-bond donors (Lipinski definition) is 1. The second kappa shape index (κ2) is 6.54. The zero-order valence-corrected chi connectivity index (χ0v) is 16.7. The average molecular weight is 431 g/mol. The van der Waals surface area contributed by atoms with Crippen LogP contribution >= 0.6 is 23.2 Å². The van der Waals surface area contributed by atoms with E-state index in [1.54, 1.807) is 25.1 Å². The fraction of sp³-hybridized carbons (Fsp3) is 0.294. The summed E-state index contributed by atoms with van der Waals surface area (Å²) in [4.78, 5) is 24.2. The Balaban J connectivity index is 2.09. The first-order valence-corrected chi connectivity index (χ1v) is 10.0. The lowest BCUT2D eigenvalue weighted by atomic mass is 9.85. The molecular formula is C17H16Cl2N2O5S. The lowest BCUT2D eigenvalue weighted by Gasteiger charge is -2.37. The number of likely N-dealkylation sites (N-methyl/N-ethyl adjacent to an activating group) is 1. The van der Waals surface area contributed by atoms with Gasteiger partial charge in [-0.2, -0.15) is 0 Å². The number of alkyl halides is 1. The van der Waals surface area contributed by atoms with Crippen LogP contribution < -0.4 is 0 Å². The smallest absolute Gasteiger partial charge is 0.314 e. The van der Waals surface area contributed by atoms with Crippen molar-refractivity contribution in [3.63, 3.8) is 0 Å². The number of carbonyl (C=O) groups is 2. The third-order valence-electron chi connectivity index (χ3n) is 4.49. The molecule has 2 aliphatic rings. The van der Waals surface area contributed by atoms with Crippen molar-refractivity contribution >= 4 is 45.1 Å². The number of fused-ring (bicyclic) bond motifs is 1. The molecule has 1 amide bonds. The third-order valence-corrected chi connectivity index (χ3v) is 7.05. The molecule has 1 aromatic carbocycles. The van der Waals surface area contributed by atoms with E-state index in [1.807, 2.05) is 0 Å². The van der Waals surface area contributed by atoms with E-state index in [-0.39, 0.29) is 15.5 Å². The van der Waals surface area contributed by atoms with E-state index in [4.69, 9.17) is 23.2 Å². The van der Waals surface area contributed by atoms with Crippen LogP contribution in [0.25, 0.3) is 0 Å². The number of carboxylic acids is 1. The molecule has 2 unspecified atom stereocenters. The summed E-state index contributed by atoms with van der Waals surface area (Å²) >= 11 is 12.8. The van der Waals surface area contributed by atoms with Gasteiger partial charge in [-0.3, -0.25) is 9.59 Å². The highest BCUT2D eigenvalue weighted by Gasteiger charge is 2.51. The summed E-state index contributed by atoms with van der Waals surface area (Å²) in [5.74, 6) is -3.47. The maximum Gasteiger partial charge on any atom is 0.314 e. The van der Waals surface area contributed by atoms with E-state index in [0.29, 0.717) is 10.0 Å². The Morgan fingerprint density at radius 1 is 1.33 bits per heavy atom. The largest absolute Gasteiger partial charge is 0.481 e. The summed E-state index contributed by atoms with van der Waals surface area (Å²) in [6, 6.07) is 5.79. The van der Waals surface area contributed by atoms with Crippen molar-refractivity contribution in [3.8, 4) is 0 Å². The van der Waals surface area contributed by atoms with Crippen LogP contribution in [0.3, 0.4) is 0 Å². The van der Waals surface area contributed by atoms with Gasteiger partial charge in [0, 0.05) is 24.8 Å². The van der Waals surface area contributed by atoms with E-state index < -0.39 is 39.2 Å². The van der Waals surface area contributed by atoms with Crippen molar-refractivity contribution in [1.29, 1.82) is 0 Å². The van der Waals surface area contributed by atoms with Crippen molar-refractivity contribution in [3.05, 3.63) is 52.7 Å². The zero-order valence-electron chi connectivity index (χ0n) is 14.4. The number of halogens is 2.